The molecule has 1 aromatic heterocycles. The van der Waals surface area contributed by atoms with E-state index in [0.29, 0.717) is 24.7 Å². The largest absolute Gasteiger partial charge is 0.381 e. The van der Waals surface area contributed by atoms with E-state index in [1.165, 1.54) is 0 Å². The first-order chi connectivity index (χ1) is 9.94. The first kappa shape index (κ1) is 16.5. The molecule has 0 amide bonds. The molecule has 6 nitrogen and oxygen atoms in total. The smallest absolute Gasteiger partial charge is 0.242 e. The molecule has 2 heterocycles. The third kappa shape index (κ3) is 4.06. The van der Waals surface area contributed by atoms with Gasteiger partial charge < -0.3 is 14.6 Å². The zero-order valence-corrected chi connectivity index (χ0v) is 13.7. The maximum atomic E-state index is 12.5. The van der Waals surface area contributed by atoms with Crippen molar-refractivity contribution in [3.63, 3.8) is 0 Å². The summed E-state index contributed by atoms with van der Waals surface area (Å²) < 4.78 is 35.1. The van der Waals surface area contributed by atoms with E-state index in [4.69, 9.17) is 4.74 Å². The molecule has 1 aliphatic heterocycles. The van der Waals surface area contributed by atoms with Crippen molar-refractivity contribution in [2.45, 2.75) is 50.2 Å². The molecule has 2 N–H and O–H groups in total. The van der Waals surface area contributed by atoms with E-state index in [1.807, 2.05) is 25.5 Å². The van der Waals surface area contributed by atoms with Crippen LogP contribution in [0.1, 0.15) is 38.4 Å². The predicted octanol–water partition coefficient (Wildman–Crippen LogP) is 1.25. The zero-order valence-electron chi connectivity index (χ0n) is 12.9. The van der Waals surface area contributed by atoms with Gasteiger partial charge in [0.1, 0.15) is 0 Å². The Kier molecular flexibility index (Phi) is 5.43. The van der Waals surface area contributed by atoms with Gasteiger partial charge in [-0.2, -0.15) is 0 Å². The molecule has 0 atom stereocenters. The number of ether oxygens (including phenoxy) is 1. The van der Waals surface area contributed by atoms with Crippen molar-refractivity contribution in [1.82, 2.24) is 14.6 Å². The number of hydrogen-bond acceptors (Lipinski definition) is 4. The van der Waals surface area contributed by atoms with Gasteiger partial charge in [-0.1, -0.05) is 0 Å². The lowest BCUT2D eigenvalue weighted by atomic mass is 10.1. The molecule has 7 heteroatoms. The van der Waals surface area contributed by atoms with Crippen LogP contribution in [-0.2, 0) is 21.3 Å². The lowest BCUT2D eigenvalue weighted by molar-refractivity contribution is 0.0832. The van der Waals surface area contributed by atoms with E-state index in [9.17, 15) is 8.42 Å². The molecule has 0 radical (unpaired) electrons. The highest BCUT2D eigenvalue weighted by Gasteiger charge is 2.24. The summed E-state index contributed by atoms with van der Waals surface area (Å²) in [5.41, 5.74) is 0.972. The molecule has 0 spiro atoms. The summed E-state index contributed by atoms with van der Waals surface area (Å²) in [5, 5.41) is 3.07. The minimum absolute atomic E-state index is 0.0288. The lowest BCUT2D eigenvalue weighted by Gasteiger charge is -2.22. The van der Waals surface area contributed by atoms with E-state index >= 15 is 0 Å². The van der Waals surface area contributed by atoms with Crippen molar-refractivity contribution in [2.75, 3.05) is 20.3 Å². The predicted molar refractivity (Wildman–Crippen MR) is 81.7 cm³/mol. The summed E-state index contributed by atoms with van der Waals surface area (Å²) in [6.45, 7) is 5.96. The molecule has 0 aliphatic carbocycles. The molecule has 120 valence electrons. The van der Waals surface area contributed by atoms with Gasteiger partial charge in [-0.15, -0.1) is 0 Å². The van der Waals surface area contributed by atoms with E-state index in [0.717, 1.165) is 18.5 Å². The lowest BCUT2D eigenvalue weighted by Crippen LogP contribution is -2.38. The van der Waals surface area contributed by atoms with Crippen molar-refractivity contribution in [2.24, 2.45) is 0 Å². The third-order valence-corrected chi connectivity index (χ3v) is 5.16. The molecule has 1 aliphatic rings. The standard InChI is InChI=1S/C14H25N3O3S/c1-11(2)17-10-14(8-13(17)9-15-3)21(18,19)16-12-4-6-20-7-5-12/h8,10-12,15-16H,4-7,9H2,1-3H3. The summed E-state index contributed by atoms with van der Waals surface area (Å²) >= 11 is 0. The van der Waals surface area contributed by atoms with E-state index < -0.39 is 10.0 Å². The highest BCUT2D eigenvalue weighted by Crippen LogP contribution is 2.20. The van der Waals surface area contributed by atoms with Crippen molar-refractivity contribution in [1.29, 1.82) is 0 Å². The van der Waals surface area contributed by atoms with Crippen molar-refractivity contribution in [3.8, 4) is 0 Å². The molecular weight excluding hydrogens is 290 g/mol. The minimum atomic E-state index is -3.47. The van der Waals surface area contributed by atoms with Gasteiger partial charge in [0.25, 0.3) is 0 Å². The second-order valence-electron chi connectivity index (χ2n) is 5.71. The van der Waals surface area contributed by atoms with Crippen molar-refractivity contribution in [3.05, 3.63) is 18.0 Å². The van der Waals surface area contributed by atoms with Gasteiger partial charge in [-0.25, -0.2) is 13.1 Å². The van der Waals surface area contributed by atoms with Gasteiger partial charge >= 0.3 is 0 Å². The third-order valence-electron chi connectivity index (χ3n) is 3.67. The molecule has 21 heavy (non-hydrogen) atoms. The number of rotatable bonds is 6. The maximum Gasteiger partial charge on any atom is 0.242 e. The molecule has 1 aromatic rings. The average Bonchev–Trinajstić information content (AvgIpc) is 2.85. The molecule has 2 rings (SSSR count). The summed E-state index contributed by atoms with van der Waals surface area (Å²) in [5.74, 6) is 0. The Morgan fingerprint density at radius 2 is 2.05 bits per heavy atom. The fourth-order valence-corrected chi connectivity index (χ4v) is 3.90. The summed E-state index contributed by atoms with van der Waals surface area (Å²) in [4.78, 5) is 0.341. The van der Waals surface area contributed by atoms with Gasteiger partial charge in [-0.05, 0) is 39.8 Å². The molecule has 1 saturated heterocycles. The SMILES string of the molecule is CNCc1cc(S(=O)(=O)NC2CCOCC2)cn1C(C)C. The van der Waals surface area contributed by atoms with E-state index in [2.05, 4.69) is 10.0 Å². The van der Waals surface area contributed by atoms with E-state index in [-0.39, 0.29) is 12.1 Å². The van der Waals surface area contributed by atoms with Gasteiger partial charge in [0.15, 0.2) is 0 Å². The second kappa shape index (κ2) is 6.91. The van der Waals surface area contributed by atoms with Gasteiger partial charge in [0.05, 0.1) is 4.90 Å². The first-order valence-corrected chi connectivity index (χ1v) is 8.88. The Labute approximate surface area is 126 Å². The van der Waals surface area contributed by atoms with E-state index in [1.54, 1.807) is 12.3 Å². The van der Waals surface area contributed by atoms with Gasteiger partial charge in [0, 0.05) is 43.7 Å². The molecule has 0 unspecified atom stereocenters. The molecule has 0 aromatic carbocycles. The monoisotopic (exact) mass is 315 g/mol. The number of aromatic nitrogens is 1. The first-order valence-electron chi connectivity index (χ1n) is 7.39. The van der Waals surface area contributed by atoms with Crippen LogP contribution in [0.25, 0.3) is 0 Å². The minimum Gasteiger partial charge on any atom is -0.381 e. The second-order valence-corrected chi connectivity index (χ2v) is 7.42. The zero-order chi connectivity index (χ0) is 15.5. The molecule has 1 fully saturated rings. The Morgan fingerprint density at radius 1 is 1.38 bits per heavy atom. The van der Waals surface area contributed by atoms with Crippen LogP contribution in [0, 0.1) is 0 Å². The summed E-state index contributed by atoms with van der Waals surface area (Å²) in [7, 11) is -1.61. The number of nitrogens with one attached hydrogen (secondary N) is 2. The Bertz CT molecular complexity index is 560. The van der Waals surface area contributed by atoms with Crippen LogP contribution in [0.3, 0.4) is 0 Å². The molecular formula is C14H25N3O3S. The van der Waals surface area contributed by atoms with Crippen LogP contribution in [-0.4, -0.2) is 39.3 Å². The highest BCUT2D eigenvalue weighted by atomic mass is 32.2. The fraction of sp³-hybridized carbons (Fsp3) is 0.714. The number of sulfonamides is 1. The fourth-order valence-electron chi connectivity index (χ4n) is 2.55. The number of nitrogens with zero attached hydrogens (tertiary/aromatic N) is 1. The van der Waals surface area contributed by atoms with Gasteiger partial charge in [-0.3, -0.25) is 0 Å². The van der Waals surface area contributed by atoms with Crippen LogP contribution in [0.2, 0.25) is 0 Å². The highest BCUT2D eigenvalue weighted by molar-refractivity contribution is 7.89. The quantitative estimate of drug-likeness (QED) is 0.828. The Balaban J connectivity index is 2.20. The summed E-state index contributed by atoms with van der Waals surface area (Å²) in [6.07, 6.45) is 3.18. The van der Waals surface area contributed by atoms with Crippen molar-refractivity contribution < 1.29 is 13.2 Å². The normalized spacial score (nSPS) is 17.5. The number of hydrogen-bond donors (Lipinski definition) is 2. The topological polar surface area (TPSA) is 72.4 Å². The average molecular weight is 315 g/mol. The summed E-state index contributed by atoms with van der Waals surface area (Å²) in [6, 6.07) is 1.94. The van der Waals surface area contributed by atoms with Crippen LogP contribution < -0.4 is 10.0 Å². The Hall–Kier alpha value is -0.890. The van der Waals surface area contributed by atoms with Gasteiger partial charge in [0.2, 0.25) is 10.0 Å². The van der Waals surface area contributed by atoms with Crippen LogP contribution in [0.5, 0.6) is 0 Å². The van der Waals surface area contributed by atoms with Crippen LogP contribution >= 0.6 is 0 Å². The molecule has 0 bridgehead atoms. The Morgan fingerprint density at radius 3 is 2.62 bits per heavy atom. The molecule has 0 saturated carbocycles. The van der Waals surface area contributed by atoms with Crippen molar-refractivity contribution >= 4 is 10.0 Å². The van der Waals surface area contributed by atoms with Crippen LogP contribution in [0.4, 0.5) is 0 Å². The maximum absolute atomic E-state index is 12.5. The van der Waals surface area contributed by atoms with Crippen LogP contribution in [0.15, 0.2) is 17.2 Å².